The van der Waals surface area contributed by atoms with Crippen LogP contribution in [0, 0.1) is 0 Å². The van der Waals surface area contributed by atoms with Crippen molar-refractivity contribution in [3.05, 3.63) is 54.1 Å². The molecule has 1 aliphatic heterocycles. The molecule has 3 rings (SSSR count). The molecule has 0 N–H and O–H groups in total. The van der Waals surface area contributed by atoms with Crippen LogP contribution in [0.15, 0.2) is 53.4 Å². The molecule has 0 fully saturated rings. The van der Waals surface area contributed by atoms with Crippen LogP contribution in [-0.4, -0.2) is 43.4 Å². The zero-order chi connectivity index (χ0) is 16.2. The molecule has 1 aliphatic rings. The zero-order valence-corrected chi connectivity index (χ0v) is 14.0. The van der Waals surface area contributed by atoms with Gasteiger partial charge in [0.25, 0.3) is 5.91 Å². The largest absolute Gasteiger partial charge is 0.486 e. The molecule has 0 aliphatic carbocycles. The van der Waals surface area contributed by atoms with Crippen molar-refractivity contribution < 1.29 is 14.3 Å². The van der Waals surface area contributed by atoms with Gasteiger partial charge in [0.1, 0.15) is 6.61 Å². The third kappa shape index (κ3) is 3.45. The summed E-state index contributed by atoms with van der Waals surface area (Å²) in [6.07, 6.45) is 1.81. The number of nitrogens with zero attached hydrogens (tertiary/aromatic N) is 1. The molecule has 1 amide bonds. The van der Waals surface area contributed by atoms with E-state index in [0.717, 1.165) is 22.0 Å². The minimum atomic E-state index is -0.166. The topological polar surface area (TPSA) is 38.8 Å². The Morgan fingerprint density at radius 3 is 2.65 bits per heavy atom. The van der Waals surface area contributed by atoms with Gasteiger partial charge in [-0.2, -0.15) is 0 Å². The summed E-state index contributed by atoms with van der Waals surface area (Å²) in [5.74, 6) is 1.48. The lowest BCUT2D eigenvalue weighted by atomic mass is 10.2. The highest BCUT2D eigenvalue weighted by Crippen LogP contribution is 2.31. The molecule has 2 aromatic carbocycles. The molecule has 0 saturated heterocycles. The number of amides is 1. The summed E-state index contributed by atoms with van der Waals surface area (Å²) in [4.78, 5) is 15.3. The fourth-order valence-corrected chi connectivity index (χ4v) is 3.16. The van der Waals surface area contributed by atoms with Gasteiger partial charge < -0.3 is 14.4 Å². The lowest BCUT2D eigenvalue weighted by Crippen LogP contribution is -2.41. The average Bonchev–Trinajstić information content (AvgIpc) is 2.60. The van der Waals surface area contributed by atoms with E-state index in [4.69, 9.17) is 9.47 Å². The Kier molecular flexibility index (Phi) is 4.76. The summed E-state index contributed by atoms with van der Waals surface area (Å²) < 4.78 is 11.6. The Bertz CT molecular complexity index is 704. The number of para-hydroxylation sites is 2. The second-order valence-corrected chi connectivity index (χ2v) is 6.23. The molecule has 0 aromatic heterocycles. The van der Waals surface area contributed by atoms with E-state index >= 15 is 0 Å². The monoisotopic (exact) mass is 329 g/mol. The molecule has 2 aromatic rings. The fourth-order valence-electron chi connectivity index (χ4n) is 2.57. The van der Waals surface area contributed by atoms with E-state index in [0.29, 0.717) is 13.2 Å². The van der Waals surface area contributed by atoms with Gasteiger partial charge >= 0.3 is 0 Å². The molecule has 0 saturated carbocycles. The Labute approximate surface area is 140 Å². The van der Waals surface area contributed by atoms with Crippen molar-refractivity contribution in [2.24, 2.45) is 0 Å². The van der Waals surface area contributed by atoms with E-state index in [9.17, 15) is 4.79 Å². The van der Waals surface area contributed by atoms with Gasteiger partial charge in [-0.25, -0.2) is 0 Å². The van der Waals surface area contributed by atoms with E-state index < -0.39 is 0 Å². The predicted octanol–water partition coefficient (Wildman–Crippen LogP) is 3.32. The number of fused-ring (bicyclic) bond motifs is 1. The van der Waals surface area contributed by atoms with Crippen molar-refractivity contribution in [1.29, 1.82) is 0 Å². The van der Waals surface area contributed by atoms with E-state index in [-0.39, 0.29) is 12.0 Å². The lowest BCUT2D eigenvalue weighted by Gasteiger charge is -2.29. The summed E-state index contributed by atoms with van der Waals surface area (Å²) in [7, 11) is 1.79. The Morgan fingerprint density at radius 1 is 1.17 bits per heavy atom. The van der Waals surface area contributed by atoms with Crippen molar-refractivity contribution in [2.75, 3.05) is 26.5 Å². The number of rotatable bonds is 4. The molecule has 120 valence electrons. The van der Waals surface area contributed by atoms with Gasteiger partial charge in [-0.3, -0.25) is 4.79 Å². The Hall–Kier alpha value is -2.14. The first-order valence-electron chi connectivity index (χ1n) is 7.46. The third-order valence-electron chi connectivity index (χ3n) is 3.73. The molecule has 1 heterocycles. The van der Waals surface area contributed by atoms with Crippen LogP contribution in [0.2, 0.25) is 0 Å². The van der Waals surface area contributed by atoms with E-state index in [1.165, 1.54) is 0 Å². The first kappa shape index (κ1) is 15.7. The third-order valence-corrected chi connectivity index (χ3v) is 4.52. The van der Waals surface area contributed by atoms with Crippen LogP contribution in [0.25, 0.3) is 0 Å². The quantitative estimate of drug-likeness (QED) is 0.807. The molecule has 0 radical (unpaired) electrons. The number of carbonyl (C=O) groups excluding carboxylic acids is 1. The highest BCUT2D eigenvalue weighted by atomic mass is 32.2. The summed E-state index contributed by atoms with van der Waals surface area (Å²) in [6, 6.07) is 15.2. The van der Waals surface area contributed by atoms with E-state index in [1.54, 1.807) is 23.7 Å². The summed E-state index contributed by atoms with van der Waals surface area (Å²) in [5.41, 5.74) is 0.722. The van der Waals surface area contributed by atoms with Crippen LogP contribution in [0.4, 0.5) is 0 Å². The van der Waals surface area contributed by atoms with Gasteiger partial charge in [0, 0.05) is 11.9 Å². The molecule has 0 bridgehead atoms. The Morgan fingerprint density at radius 2 is 1.87 bits per heavy atom. The molecule has 0 spiro atoms. The maximum Gasteiger partial charge on any atom is 0.254 e. The Balaban J connectivity index is 1.68. The number of hydrogen-bond acceptors (Lipinski definition) is 4. The van der Waals surface area contributed by atoms with Crippen LogP contribution in [0.1, 0.15) is 10.4 Å². The molecule has 1 unspecified atom stereocenters. The van der Waals surface area contributed by atoms with Crippen LogP contribution < -0.4 is 9.47 Å². The highest BCUT2D eigenvalue weighted by molar-refractivity contribution is 7.98. The zero-order valence-electron chi connectivity index (χ0n) is 13.2. The van der Waals surface area contributed by atoms with Gasteiger partial charge in [-0.1, -0.05) is 24.3 Å². The molecule has 5 heteroatoms. The summed E-state index contributed by atoms with van der Waals surface area (Å²) in [6.45, 7) is 0.925. The highest BCUT2D eigenvalue weighted by Gasteiger charge is 2.24. The number of ether oxygens (including phenoxy) is 2. The van der Waals surface area contributed by atoms with Gasteiger partial charge in [0.15, 0.2) is 17.6 Å². The first-order chi connectivity index (χ1) is 11.2. The number of carbonyl (C=O) groups is 1. The van der Waals surface area contributed by atoms with Crippen molar-refractivity contribution in [3.63, 3.8) is 0 Å². The number of hydrogen-bond donors (Lipinski definition) is 0. The smallest absolute Gasteiger partial charge is 0.254 e. The maximum absolute atomic E-state index is 12.7. The molecule has 4 nitrogen and oxygen atoms in total. The van der Waals surface area contributed by atoms with Crippen LogP contribution in [0.3, 0.4) is 0 Å². The SMILES string of the molecule is CSc1ccccc1C(=O)N(C)CC1COc2ccccc2O1. The van der Waals surface area contributed by atoms with Gasteiger partial charge in [0.05, 0.1) is 12.1 Å². The first-order valence-corrected chi connectivity index (χ1v) is 8.68. The minimum absolute atomic E-state index is 0.00240. The average molecular weight is 329 g/mol. The van der Waals surface area contributed by atoms with Gasteiger partial charge in [-0.15, -0.1) is 11.8 Å². The van der Waals surface area contributed by atoms with Crippen LogP contribution in [0.5, 0.6) is 11.5 Å². The van der Waals surface area contributed by atoms with Crippen molar-refractivity contribution in [3.8, 4) is 11.5 Å². The number of thioether (sulfide) groups is 1. The fraction of sp³-hybridized carbons (Fsp3) is 0.278. The standard InChI is InChI=1S/C18H19NO3S/c1-19(18(20)14-7-3-6-10-17(14)23-2)11-13-12-21-15-8-4-5-9-16(15)22-13/h3-10,13H,11-12H2,1-2H3. The maximum atomic E-state index is 12.7. The molecular weight excluding hydrogens is 310 g/mol. The van der Waals surface area contributed by atoms with Crippen LogP contribution >= 0.6 is 11.8 Å². The second-order valence-electron chi connectivity index (χ2n) is 5.38. The van der Waals surface area contributed by atoms with E-state index in [2.05, 4.69) is 0 Å². The normalized spacial score (nSPS) is 16.0. The van der Waals surface area contributed by atoms with Crippen molar-refractivity contribution in [2.45, 2.75) is 11.0 Å². The minimum Gasteiger partial charge on any atom is -0.486 e. The van der Waals surface area contributed by atoms with Crippen molar-refractivity contribution >= 4 is 17.7 Å². The molecule has 23 heavy (non-hydrogen) atoms. The van der Waals surface area contributed by atoms with Crippen LogP contribution in [-0.2, 0) is 0 Å². The van der Waals surface area contributed by atoms with E-state index in [1.807, 2.05) is 54.8 Å². The number of benzene rings is 2. The summed E-state index contributed by atoms with van der Waals surface area (Å²) in [5, 5.41) is 0. The van der Waals surface area contributed by atoms with Crippen molar-refractivity contribution in [1.82, 2.24) is 4.90 Å². The summed E-state index contributed by atoms with van der Waals surface area (Å²) >= 11 is 1.57. The van der Waals surface area contributed by atoms with Gasteiger partial charge in [-0.05, 0) is 30.5 Å². The lowest BCUT2D eigenvalue weighted by molar-refractivity contribution is 0.0519. The second kappa shape index (κ2) is 6.96. The molecule has 1 atom stereocenters. The predicted molar refractivity (Wildman–Crippen MR) is 91.5 cm³/mol. The van der Waals surface area contributed by atoms with Gasteiger partial charge in [0.2, 0.25) is 0 Å². The molecular formula is C18H19NO3S. The number of likely N-dealkylation sites (N-methyl/N-ethyl adjacent to an activating group) is 1.